The molecule has 0 amide bonds. The maximum Gasteiger partial charge on any atom is 0.199 e. The van der Waals surface area contributed by atoms with Gasteiger partial charge in [0, 0.05) is 5.69 Å². The molecule has 1 unspecified atom stereocenters. The zero-order valence-corrected chi connectivity index (χ0v) is 13.9. The van der Waals surface area contributed by atoms with Crippen molar-refractivity contribution in [1.82, 2.24) is 19.7 Å². The number of H-pyrrole nitrogens is 1. The molecule has 0 spiro atoms. The van der Waals surface area contributed by atoms with Gasteiger partial charge in [-0.3, -0.25) is 14.6 Å². The number of hydrogen-bond acceptors (Lipinski definition) is 4. The first-order valence-corrected chi connectivity index (χ1v) is 8.17. The van der Waals surface area contributed by atoms with E-state index in [0.29, 0.717) is 4.77 Å². The Bertz CT molecular complexity index is 670. The molecule has 0 radical (unpaired) electrons. The van der Waals surface area contributed by atoms with E-state index in [0.717, 1.165) is 30.4 Å². The van der Waals surface area contributed by atoms with E-state index in [1.807, 2.05) is 28.8 Å². The van der Waals surface area contributed by atoms with Crippen LogP contribution in [-0.4, -0.2) is 39.9 Å². The molecule has 3 rings (SSSR count). The highest BCUT2D eigenvalue weighted by atomic mass is 32.1. The zero-order valence-electron chi connectivity index (χ0n) is 13.1. The lowest BCUT2D eigenvalue weighted by atomic mass is 10.1. The second-order valence-corrected chi connectivity index (χ2v) is 6.08. The van der Waals surface area contributed by atoms with Crippen molar-refractivity contribution in [3.63, 3.8) is 0 Å². The number of hydrogen-bond donors (Lipinski definition) is 1. The minimum Gasteiger partial charge on any atom is -0.497 e. The van der Waals surface area contributed by atoms with E-state index in [1.165, 1.54) is 19.3 Å². The van der Waals surface area contributed by atoms with Gasteiger partial charge in [-0.05, 0) is 69.3 Å². The Morgan fingerprint density at radius 1 is 1.18 bits per heavy atom. The van der Waals surface area contributed by atoms with Crippen molar-refractivity contribution in [1.29, 1.82) is 0 Å². The summed E-state index contributed by atoms with van der Waals surface area (Å²) < 4.78 is 7.87. The standard InChI is InChI=1S/C16H22N4OS/c1-12(19-10-4-3-5-11-19)15-17-18-16(22)20(15)13-6-8-14(21-2)9-7-13/h6-9,12H,3-5,10-11H2,1-2H3,(H,18,22). The Morgan fingerprint density at radius 2 is 1.86 bits per heavy atom. The molecular weight excluding hydrogens is 296 g/mol. The molecule has 5 nitrogen and oxygen atoms in total. The maximum absolute atomic E-state index is 5.43. The van der Waals surface area contributed by atoms with E-state index >= 15 is 0 Å². The number of ether oxygens (including phenoxy) is 1. The van der Waals surface area contributed by atoms with Crippen LogP contribution in [0.4, 0.5) is 0 Å². The van der Waals surface area contributed by atoms with E-state index in [2.05, 4.69) is 22.0 Å². The molecule has 1 fully saturated rings. The lowest BCUT2D eigenvalue weighted by molar-refractivity contribution is 0.167. The number of benzene rings is 1. The van der Waals surface area contributed by atoms with Crippen molar-refractivity contribution in [2.24, 2.45) is 0 Å². The average molecular weight is 318 g/mol. The van der Waals surface area contributed by atoms with Crippen LogP contribution in [0.3, 0.4) is 0 Å². The van der Waals surface area contributed by atoms with Gasteiger partial charge in [-0.25, -0.2) is 0 Å². The molecule has 1 saturated heterocycles. The summed E-state index contributed by atoms with van der Waals surface area (Å²) in [6.45, 7) is 4.46. The first-order chi connectivity index (χ1) is 10.7. The minimum atomic E-state index is 0.246. The van der Waals surface area contributed by atoms with Crippen LogP contribution in [0.15, 0.2) is 24.3 Å². The first-order valence-electron chi connectivity index (χ1n) is 7.76. The van der Waals surface area contributed by atoms with E-state index < -0.39 is 0 Å². The van der Waals surface area contributed by atoms with Crippen molar-refractivity contribution in [2.75, 3.05) is 20.2 Å². The second-order valence-electron chi connectivity index (χ2n) is 5.69. The molecule has 1 aromatic carbocycles. The molecule has 1 aliphatic heterocycles. The van der Waals surface area contributed by atoms with E-state index in [4.69, 9.17) is 17.0 Å². The lowest BCUT2D eigenvalue weighted by Crippen LogP contribution is -2.33. The normalized spacial score (nSPS) is 17.4. The zero-order chi connectivity index (χ0) is 15.5. The van der Waals surface area contributed by atoms with Crippen molar-refractivity contribution in [2.45, 2.75) is 32.2 Å². The Labute approximate surface area is 135 Å². The SMILES string of the molecule is COc1ccc(-n2c(C(C)N3CCCCC3)n[nH]c2=S)cc1. The number of rotatable bonds is 4. The third kappa shape index (κ3) is 2.94. The number of methoxy groups -OCH3 is 1. The molecule has 1 N–H and O–H groups in total. The monoisotopic (exact) mass is 318 g/mol. The number of piperidine rings is 1. The molecule has 118 valence electrons. The minimum absolute atomic E-state index is 0.246. The smallest absolute Gasteiger partial charge is 0.199 e. The van der Waals surface area contributed by atoms with Gasteiger partial charge < -0.3 is 4.74 Å². The second kappa shape index (κ2) is 6.62. The highest BCUT2D eigenvalue weighted by Crippen LogP contribution is 2.25. The van der Waals surface area contributed by atoms with Crippen LogP contribution in [0.5, 0.6) is 5.75 Å². The van der Waals surface area contributed by atoms with Crippen molar-refractivity contribution < 1.29 is 4.74 Å². The average Bonchev–Trinajstić information content (AvgIpc) is 2.96. The van der Waals surface area contributed by atoms with Crippen LogP contribution in [-0.2, 0) is 0 Å². The summed E-state index contributed by atoms with van der Waals surface area (Å²) in [4.78, 5) is 2.48. The lowest BCUT2D eigenvalue weighted by Gasteiger charge is -2.31. The van der Waals surface area contributed by atoms with Gasteiger partial charge in [0.15, 0.2) is 10.6 Å². The summed E-state index contributed by atoms with van der Waals surface area (Å²) in [7, 11) is 1.67. The van der Waals surface area contributed by atoms with Crippen molar-refractivity contribution in [3.05, 3.63) is 34.9 Å². The third-order valence-electron chi connectivity index (χ3n) is 4.34. The first kappa shape index (κ1) is 15.2. The quantitative estimate of drug-likeness (QED) is 0.877. The van der Waals surface area contributed by atoms with Crippen molar-refractivity contribution >= 4 is 12.2 Å². The number of aromatic nitrogens is 3. The molecule has 22 heavy (non-hydrogen) atoms. The van der Waals surface area contributed by atoms with Gasteiger partial charge in [0.25, 0.3) is 0 Å². The van der Waals surface area contributed by atoms with Gasteiger partial charge in [0.05, 0.1) is 13.2 Å². The molecule has 1 aromatic heterocycles. The van der Waals surface area contributed by atoms with Crippen LogP contribution in [0.2, 0.25) is 0 Å². The van der Waals surface area contributed by atoms with Crippen LogP contribution in [0, 0.1) is 4.77 Å². The summed E-state index contributed by atoms with van der Waals surface area (Å²) in [5.41, 5.74) is 1.01. The summed E-state index contributed by atoms with van der Waals surface area (Å²) in [5, 5.41) is 7.42. The van der Waals surface area contributed by atoms with Crippen LogP contribution < -0.4 is 4.74 Å². The fraction of sp³-hybridized carbons (Fsp3) is 0.500. The largest absolute Gasteiger partial charge is 0.497 e. The number of aromatic amines is 1. The Kier molecular flexibility index (Phi) is 4.59. The van der Waals surface area contributed by atoms with Gasteiger partial charge in [0.1, 0.15) is 5.75 Å². The predicted octanol–water partition coefficient (Wildman–Crippen LogP) is 3.49. The van der Waals surface area contributed by atoms with Crippen LogP contribution in [0.25, 0.3) is 5.69 Å². The summed E-state index contributed by atoms with van der Waals surface area (Å²) in [6, 6.07) is 8.15. The summed E-state index contributed by atoms with van der Waals surface area (Å²) in [5.74, 6) is 1.81. The van der Waals surface area contributed by atoms with Gasteiger partial charge in [0.2, 0.25) is 0 Å². The predicted molar refractivity (Wildman–Crippen MR) is 89.1 cm³/mol. The molecule has 2 heterocycles. The topological polar surface area (TPSA) is 46.1 Å². The summed E-state index contributed by atoms with van der Waals surface area (Å²) in [6.07, 6.45) is 3.85. The fourth-order valence-electron chi connectivity index (χ4n) is 3.04. The molecule has 2 aromatic rings. The van der Waals surface area contributed by atoms with E-state index in [9.17, 15) is 0 Å². The molecule has 1 aliphatic rings. The molecular formula is C16H22N4OS. The fourth-order valence-corrected chi connectivity index (χ4v) is 3.28. The van der Waals surface area contributed by atoms with Gasteiger partial charge in [-0.2, -0.15) is 5.10 Å². The number of nitrogens with one attached hydrogen (secondary N) is 1. The van der Waals surface area contributed by atoms with Crippen LogP contribution in [0.1, 0.15) is 38.1 Å². The molecule has 1 atom stereocenters. The van der Waals surface area contributed by atoms with E-state index in [1.54, 1.807) is 7.11 Å². The van der Waals surface area contributed by atoms with Crippen LogP contribution >= 0.6 is 12.2 Å². The Balaban J connectivity index is 1.94. The maximum atomic E-state index is 5.43. The molecule has 6 heteroatoms. The number of nitrogens with zero attached hydrogens (tertiary/aromatic N) is 3. The van der Waals surface area contributed by atoms with Gasteiger partial charge in [-0.15, -0.1) is 0 Å². The summed E-state index contributed by atoms with van der Waals surface area (Å²) >= 11 is 5.43. The Morgan fingerprint density at radius 3 is 2.50 bits per heavy atom. The van der Waals surface area contributed by atoms with Gasteiger partial charge in [-0.1, -0.05) is 6.42 Å². The third-order valence-corrected chi connectivity index (χ3v) is 4.61. The van der Waals surface area contributed by atoms with Gasteiger partial charge >= 0.3 is 0 Å². The Hall–Kier alpha value is -1.66. The highest BCUT2D eigenvalue weighted by Gasteiger charge is 2.23. The van der Waals surface area contributed by atoms with Crippen molar-refractivity contribution in [3.8, 4) is 11.4 Å². The molecule has 0 aliphatic carbocycles. The van der Waals surface area contributed by atoms with E-state index in [-0.39, 0.29) is 6.04 Å². The molecule has 0 saturated carbocycles. The number of likely N-dealkylation sites (tertiary alicyclic amines) is 1. The molecule has 0 bridgehead atoms. The highest BCUT2D eigenvalue weighted by molar-refractivity contribution is 7.71.